The minimum absolute atomic E-state index is 0.0311. The molecule has 0 aliphatic rings. The molecule has 0 spiro atoms. The molecule has 0 atom stereocenters. The third kappa shape index (κ3) is 1.47. The van der Waals surface area contributed by atoms with Crippen LogP contribution < -0.4 is 0 Å². The largest absolute Gasteiger partial charge is 0.505 e. The number of phenols is 1. The quantitative estimate of drug-likeness (QED) is 0.676. The standard InChI is InChI=1S/C7H4Cl4O/c1-2-3(8)5(10)7(12)6(11)4(2)9/h12H,1H3. The molecule has 0 saturated carbocycles. The lowest BCUT2D eigenvalue weighted by Gasteiger charge is -2.07. The molecular formula is C7H4Cl4O. The normalized spacial score (nSPS) is 10.4. The topological polar surface area (TPSA) is 20.2 Å². The second-order valence-electron chi connectivity index (χ2n) is 2.23. The third-order valence-electron chi connectivity index (χ3n) is 1.46. The molecule has 0 radical (unpaired) electrons. The highest BCUT2D eigenvalue weighted by atomic mass is 35.5. The van der Waals surface area contributed by atoms with Crippen LogP contribution in [-0.4, -0.2) is 5.11 Å². The number of halogens is 4. The Morgan fingerprint density at radius 2 is 1.17 bits per heavy atom. The number of hydrogen-bond donors (Lipinski definition) is 1. The maximum Gasteiger partial charge on any atom is 0.155 e. The van der Waals surface area contributed by atoms with E-state index in [0.29, 0.717) is 5.56 Å². The molecule has 1 aromatic rings. The van der Waals surface area contributed by atoms with Crippen LogP contribution in [0.25, 0.3) is 0 Å². The first-order chi connectivity index (χ1) is 5.46. The van der Waals surface area contributed by atoms with Gasteiger partial charge in [-0.25, -0.2) is 0 Å². The summed E-state index contributed by atoms with van der Waals surface area (Å²) < 4.78 is 0. The zero-order valence-electron chi connectivity index (χ0n) is 5.96. The van der Waals surface area contributed by atoms with E-state index < -0.39 is 0 Å². The third-order valence-corrected chi connectivity index (χ3v) is 3.33. The summed E-state index contributed by atoms with van der Waals surface area (Å²) in [5.74, 6) is -0.279. The van der Waals surface area contributed by atoms with E-state index in [4.69, 9.17) is 46.4 Å². The van der Waals surface area contributed by atoms with Crippen molar-refractivity contribution in [1.82, 2.24) is 0 Å². The van der Waals surface area contributed by atoms with Crippen LogP contribution in [0.3, 0.4) is 0 Å². The summed E-state index contributed by atoms with van der Waals surface area (Å²) >= 11 is 22.7. The van der Waals surface area contributed by atoms with Crippen LogP contribution in [0.2, 0.25) is 20.1 Å². The van der Waals surface area contributed by atoms with E-state index >= 15 is 0 Å². The Balaban J connectivity index is 3.60. The fourth-order valence-corrected chi connectivity index (χ4v) is 1.67. The van der Waals surface area contributed by atoms with Gasteiger partial charge in [-0.05, 0) is 12.5 Å². The fraction of sp³-hybridized carbons (Fsp3) is 0.143. The number of benzene rings is 1. The van der Waals surface area contributed by atoms with E-state index in [2.05, 4.69) is 0 Å². The molecule has 0 fully saturated rings. The van der Waals surface area contributed by atoms with Crippen molar-refractivity contribution >= 4 is 46.4 Å². The summed E-state index contributed by atoms with van der Waals surface area (Å²) in [5, 5.41) is 9.77. The van der Waals surface area contributed by atoms with Crippen molar-refractivity contribution in [1.29, 1.82) is 0 Å². The molecule has 1 rings (SSSR count). The number of aromatic hydroxyl groups is 1. The van der Waals surface area contributed by atoms with Crippen molar-refractivity contribution in [2.24, 2.45) is 0 Å². The molecule has 0 unspecified atom stereocenters. The molecule has 0 aliphatic heterocycles. The minimum Gasteiger partial charge on any atom is -0.505 e. The van der Waals surface area contributed by atoms with Crippen molar-refractivity contribution in [2.45, 2.75) is 6.92 Å². The van der Waals surface area contributed by atoms with E-state index in [1.54, 1.807) is 6.92 Å². The zero-order valence-corrected chi connectivity index (χ0v) is 8.98. The van der Waals surface area contributed by atoms with Crippen LogP contribution >= 0.6 is 46.4 Å². The molecular weight excluding hydrogens is 242 g/mol. The molecule has 0 amide bonds. The summed E-state index contributed by atoms with van der Waals surface area (Å²) in [6, 6.07) is 0. The zero-order chi connectivity index (χ0) is 9.46. The Hall–Kier alpha value is 0.180. The van der Waals surface area contributed by atoms with Crippen molar-refractivity contribution in [3.63, 3.8) is 0 Å². The highest BCUT2D eigenvalue weighted by molar-refractivity contribution is 6.49. The second-order valence-corrected chi connectivity index (χ2v) is 3.74. The average molecular weight is 246 g/mol. The lowest BCUT2D eigenvalue weighted by molar-refractivity contribution is 0.476. The SMILES string of the molecule is Cc1c(Cl)c(Cl)c(O)c(Cl)c1Cl. The molecule has 0 heterocycles. The Labute approximate surface area is 89.8 Å². The number of hydrogen-bond acceptors (Lipinski definition) is 1. The van der Waals surface area contributed by atoms with Crippen LogP contribution in [-0.2, 0) is 0 Å². The minimum atomic E-state index is -0.279. The molecule has 1 aromatic carbocycles. The van der Waals surface area contributed by atoms with Gasteiger partial charge in [0.1, 0.15) is 10.0 Å². The molecule has 0 aromatic heterocycles. The van der Waals surface area contributed by atoms with Crippen LogP contribution in [0.4, 0.5) is 0 Å². The monoisotopic (exact) mass is 244 g/mol. The molecule has 66 valence electrons. The Morgan fingerprint density at radius 3 is 1.50 bits per heavy atom. The average Bonchev–Trinajstić information content (AvgIpc) is 2.08. The van der Waals surface area contributed by atoms with E-state index in [0.717, 1.165) is 0 Å². The second kappa shape index (κ2) is 3.51. The van der Waals surface area contributed by atoms with Gasteiger partial charge in [-0.3, -0.25) is 0 Å². The van der Waals surface area contributed by atoms with Crippen LogP contribution in [0.1, 0.15) is 5.56 Å². The van der Waals surface area contributed by atoms with Gasteiger partial charge in [0, 0.05) is 0 Å². The Morgan fingerprint density at radius 1 is 0.833 bits per heavy atom. The summed E-state index contributed by atoms with van der Waals surface area (Å²) in [7, 11) is 0. The first-order valence-corrected chi connectivity index (χ1v) is 4.49. The van der Waals surface area contributed by atoms with Crippen molar-refractivity contribution in [2.75, 3.05) is 0 Å². The van der Waals surface area contributed by atoms with Crippen LogP contribution in [0.5, 0.6) is 5.75 Å². The molecule has 1 N–H and O–H groups in total. The first-order valence-electron chi connectivity index (χ1n) is 2.98. The fourth-order valence-electron chi connectivity index (χ4n) is 0.730. The lowest BCUT2D eigenvalue weighted by atomic mass is 10.2. The van der Waals surface area contributed by atoms with Crippen LogP contribution in [0.15, 0.2) is 0 Å². The first kappa shape index (κ1) is 10.3. The van der Waals surface area contributed by atoms with Gasteiger partial charge in [-0.15, -0.1) is 0 Å². The maximum atomic E-state index is 9.26. The van der Waals surface area contributed by atoms with Gasteiger partial charge in [0.2, 0.25) is 0 Å². The Bertz CT molecular complexity index is 230. The van der Waals surface area contributed by atoms with E-state index in [1.165, 1.54) is 0 Å². The molecule has 5 heteroatoms. The highest BCUT2D eigenvalue weighted by Gasteiger charge is 2.16. The number of phenolic OH excluding ortho intramolecular Hbond substituents is 1. The molecule has 1 nitrogen and oxygen atoms in total. The number of rotatable bonds is 0. The van der Waals surface area contributed by atoms with Gasteiger partial charge in [-0.1, -0.05) is 46.4 Å². The predicted octanol–water partition coefficient (Wildman–Crippen LogP) is 4.31. The van der Waals surface area contributed by atoms with Gasteiger partial charge >= 0.3 is 0 Å². The van der Waals surface area contributed by atoms with Gasteiger partial charge in [-0.2, -0.15) is 0 Å². The Kier molecular flexibility index (Phi) is 3.00. The van der Waals surface area contributed by atoms with Gasteiger partial charge in [0.25, 0.3) is 0 Å². The summed E-state index contributed by atoms with van der Waals surface area (Å²) in [6.07, 6.45) is 0. The van der Waals surface area contributed by atoms with Crippen LogP contribution in [0, 0.1) is 6.92 Å². The smallest absolute Gasteiger partial charge is 0.155 e. The summed E-state index contributed by atoms with van der Waals surface area (Å²) in [6.45, 7) is 1.67. The molecule has 12 heavy (non-hydrogen) atoms. The maximum absolute atomic E-state index is 9.26. The molecule has 0 saturated heterocycles. The van der Waals surface area contributed by atoms with Crippen molar-refractivity contribution < 1.29 is 5.11 Å². The van der Waals surface area contributed by atoms with Gasteiger partial charge in [0.05, 0.1) is 10.0 Å². The van der Waals surface area contributed by atoms with Crippen molar-refractivity contribution in [3.8, 4) is 5.75 Å². The highest BCUT2D eigenvalue weighted by Crippen LogP contribution is 2.44. The van der Waals surface area contributed by atoms with E-state index in [-0.39, 0.29) is 25.8 Å². The van der Waals surface area contributed by atoms with Gasteiger partial charge in [0.15, 0.2) is 5.75 Å². The van der Waals surface area contributed by atoms with Gasteiger partial charge < -0.3 is 5.11 Å². The van der Waals surface area contributed by atoms with E-state index in [9.17, 15) is 5.11 Å². The van der Waals surface area contributed by atoms with E-state index in [1.807, 2.05) is 0 Å². The predicted molar refractivity (Wildman–Crippen MR) is 52.9 cm³/mol. The lowest BCUT2D eigenvalue weighted by Crippen LogP contribution is -1.82. The molecule has 0 bridgehead atoms. The molecule has 0 aliphatic carbocycles. The van der Waals surface area contributed by atoms with Crippen molar-refractivity contribution in [3.05, 3.63) is 25.7 Å². The summed E-state index contributed by atoms with van der Waals surface area (Å²) in [4.78, 5) is 0. The summed E-state index contributed by atoms with van der Waals surface area (Å²) in [5.41, 5.74) is 0.561.